The molecule has 0 spiro atoms. The number of fused-ring (bicyclic) bond motifs is 4. The number of aromatic nitrogens is 5. The van der Waals surface area contributed by atoms with Crippen LogP contribution in [0.4, 0.5) is 0 Å². The summed E-state index contributed by atoms with van der Waals surface area (Å²) in [6.07, 6.45) is 9.23. The minimum atomic E-state index is -0.00909. The number of hydrogen-bond acceptors (Lipinski definition) is 6. The summed E-state index contributed by atoms with van der Waals surface area (Å²) < 4.78 is 14.8. The molecule has 1 saturated carbocycles. The molecule has 0 bridgehead atoms. The van der Waals surface area contributed by atoms with Gasteiger partial charge in [0.2, 0.25) is 0 Å². The number of nitrogens with zero attached hydrogens (tertiary/aromatic N) is 5. The van der Waals surface area contributed by atoms with E-state index < -0.39 is 0 Å². The second kappa shape index (κ2) is 6.83. The van der Waals surface area contributed by atoms with E-state index in [9.17, 15) is 4.79 Å². The van der Waals surface area contributed by atoms with Crippen molar-refractivity contribution < 1.29 is 9.47 Å². The first-order valence-corrected chi connectivity index (χ1v) is 10.4. The molecule has 0 atom stereocenters. The molecule has 0 N–H and O–H groups in total. The Morgan fingerprint density at radius 2 is 1.83 bits per heavy atom. The highest BCUT2D eigenvalue weighted by Gasteiger charge is 2.19. The van der Waals surface area contributed by atoms with Crippen LogP contribution in [0.3, 0.4) is 0 Å². The number of pyridine rings is 1. The van der Waals surface area contributed by atoms with Crippen LogP contribution in [0.1, 0.15) is 38.1 Å². The van der Waals surface area contributed by atoms with E-state index in [0.717, 1.165) is 24.2 Å². The van der Waals surface area contributed by atoms with Crippen LogP contribution in [0.5, 0.6) is 11.5 Å². The Morgan fingerprint density at radius 3 is 2.70 bits per heavy atom. The van der Waals surface area contributed by atoms with Crippen molar-refractivity contribution in [1.82, 2.24) is 24.1 Å². The molecular weight excluding hydrogens is 382 g/mol. The third-order valence-corrected chi connectivity index (χ3v) is 6.03. The second-order valence-electron chi connectivity index (χ2n) is 7.88. The molecule has 2 aliphatic rings. The maximum absolute atomic E-state index is 13.1. The first kappa shape index (κ1) is 17.4. The maximum atomic E-state index is 13.1. The molecule has 0 radical (unpaired) electrons. The van der Waals surface area contributed by atoms with Crippen LogP contribution in [-0.4, -0.2) is 37.4 Å². The van der Waals surface area contributed by atoms with Crippen LogP contribution < -0.4 is 15.0 Å². The standard InChI is InChI=1S/C22H21N5O3/c28-21-16-13-23-22-24-20(14-6-7-18-19(12-14)30-11-10-29-18)25-27(22)17(16)8-9-26(21)15-4-2-1-3-5-15/h6-9,12-13,15H,1-5,10-11H2. The zero-order chi connectivity index (χ0) is 20.1. The van der Waals surface area contributed by atoms with E-state index in [0.29, 0.717) is 41.5 Å². The van der Waals surface area contributed by atoms with Gasteiger partial charge in [-0.05, 0) is 37.1 Å². The van der Waals surface area contributed by atoms with Gasteiger partial charge >= 0.3 is 0 Å². The van der Waals surface area contributed by atoms with Crippen molar-refractivity contribution in [2.24, 2.45) is 0 Å². The summed E-state index contributed by atoms with van der Waals surface area (Å²) in [7, 11) is 0. The molecule has 1 aliphatic heterocycles. The Labute approximate surface area is 172 Å². The van der Waals surface area contributed by atoms with Crippen LogP contribution in [-0.2, 0) is 0 Å². The SMILES string of the molecule is O=c1c2cnc3nc(-c4ccc5c(c4)OCCO5)nn3c2ccn1C1CCCCC1. The van der Waals surface area contributed by atoms with Crippen molar-refractivity contribution in [3.63, 3.8) is 0 Å². The lowest BCUT2D eigenvalue weighted by molar-refractivity contribution is 0.171. The zero-order valence-corrected chi connectivity index (χ0v) is 16.5. The van der Waals surface area contributed by atoms with Crippen molar-refractivity contribution in [1.29, 1.82) is 0 Å². The molecule has 1 fully saturated rings. The van der Waals surface area contributed by atoms with Gasteiger partial charge in [0, 0.05) is 24.0 Å². The van der Waals surface area contributed by atoms with Gasteiger partial charge < -0.3 is 14.0 Å². The molecule has 0 amide bonds. The molecule has 8 nitrogen and oxygen atoms in total. The maximum Gasteiger partial charge on any atom is 0.261 e. The number of hydrogen-bond donors (Lipinski definition) is 0. The summed E-state index contributed by atoms with van der Waals surface area (Å²) in [5, 5.41) is 5.21. The van der Waals surface area contributed by atoms with Gasteiger partial charge in [-0.25, -0.2) is 4.98 Å². The molecule has 1 aromatic carbocycles. The van der Waals surface area contributed by atoms with Crippen molar-refractivity contribution >= 4 is 16.7 Å². The first-order chi connectivity index (χ1) is 14.8. The predicted molar refractivity (Wildman–Crippen MR) is 111 cm³/mol. The van der Waals surface area contributed by atoms with Gasteiger partial charge in [-0.2, -0.15) is 9.50 Å². The van der Waals surface area contributed by atoms with Gasteiger partial charge in [0.15, 0.2) is 17.3 Å². The summed E-state index contributed by atoms with van der Waals surface area (Å²) in [4.78, 5) is 22.1. The minimum Gasteiger partial charge on any atom is -0.486 e. The Hall–Kier alpha value is -3.42. The van der Waals surface area contributed by atoms with Gasteiger partial charge in [-0.1, -0.05) is 19.3 Å². The van der Waals surface area contributed by atoms with Crippen LogP contribution >= 0.6 is 0 Å². The summed E-state index contributed by atoms with van der Waals surface area (Å²) in [6, 6.07) is 7.86. The fourth-order valence-electron chi connectivity index (χ4n) is 4.49. The Bertz CT molecular complexity index is 1320. The predicted octanol–water partition coefficient (Wildman–Crippen LogP) is 3.38. The summed E-state index contributed by atoms with van der Waals surface area (Å²) in [6.45, 7) is 1.07. The van der Waals surface area contributed by atoms with E-state index in [2.05, 4.69) is 15.1 Å². The molecule has 8 heteroatoms. The molecule has 0 unspecified atom stereocenters. The number of benzene rings is 1. The first-order valence-electron chi connectivity index (χ1n) is 10.4. The molecule has 4 aromatic rings. The highest BCUT2D eigenvalue weighted by molar-refractivity contribution is 5.79. The van der Waals surface area contributed by atoms with E-state index in [4.69, 9.17) is 9.47 Å². The van der Waals surface area contributed by atoms with Gasteiger partial charge in [-0.3, -0.25) is 4.79 Å². The minimum absolute atomic E-state index is 0.00909. The lowest BCUT2D eigenvalue weighted by atomic mass is 9.95. The van der Waals surface area contributed by atoms with Crippen LogP contribution in [0, 0.1) is 0 Å². The second-order valence-corrected chi connectivity index (χ2v) is 7.88. The lowest BCUT2D eigenvalue weighted by Crippen LogP contribution is -2.26. The fraction of sp³-hybridized carbons (Fsp3) is 0.364. The molecule has 30 heavy (non-hydrogen) atoms. The zero-order valence-electron chi connectivity index (χ0n) is 16.5. The van der Waals surface area contributed by atoms with E-state index >= 15 is 0 Å². The van der Waals surface area contributed by atoms with Gasteiger partial charge in [-0.15, -0.1) is 5.10 Å². The van der Waals surface area contributed by atoms with Crippen molar-refractivity contribution in [3.8, 4) is 22.9 Å². The van der Waals surface area contributed by atoms with Crippen LogP contribution in [0.25, 0.3) is 28.1 Å². The summed E-state index contributed by atoms with van der Waals surface area (Å²) in [5.41, 5.74) is 1.52. The molecule has 3 aromatic heterocycles. The Morgan fingerprint density at radius 1 is 1.00 bits per heavy atom. The normalized spacial score (nSPS) is 16.9. The van der Waals surface area contributed by atoms with E-state index in [-0.39, 0.29) is 11.6 Å². The summed E-state index contributed by atoms with van der Waals surface area (Å²) >= 11 is 0. The van der Waals surface area contributed by atoms with Crippen LogP contribution in [0.15, 0.2) is 41.5 Å². The third-order valence-electron chi connectivity index (χ3n) is 6.03. The van der Waals surface area contributed by atoms with Crippen molar-refractivity contribution in [2.45, 2.75) is 38.1 Å². The van der Waals surface area contributed by atoms with E-state index in [1.54, 1.807) is 10.7 Å². The highest BCUT2D eigenvalue weighted by Crippen LogP contribution is 2.34. The van der Waals surface area contributed by atoms with E-state index in [1.165, 1.54) is 19.3 Å². The monoisotopic (exact) mass is 403 g/mol. The molecule has 0 saturated heterocycles. The fourth-order valence-corrected chi connectivity index (χ4v) is 4.49. The molecule has 4 heterocycles. The topological polar surface area (TPSA) is 83.5 Å². The van der Waals surface area contributed by atoms with Crippen molar-refractivity contribution in [2.75, 3.05) is 13.2 Å². The van der Waals surface area contributed by atoms with Crippen molar-refractivity contribution in [3.05, 3.63) is 47.0 Å². The van der Waals surface area contributed by atoms with Gasteiger partial charge in [0.05, 0.1) is 10.9 Å². The Kier molecular flexibility index (Phi) is 3.97. The molecular formula is C22H21N5O3. The van der Waals surface area contributed by atoms with E-state index in [1.807, 2.05) is 35.0 Å². The number of ether oxygens (including phenoxy) is 2. The average Bonchev–Trinajstić information content (AvgIpc) is 3.24. The van der Waals surface area contributed by atoms with Gasteiger partial charge in [0.1, 0.15) is 13.2 Å². The number of rotatable bonds is 2. The highest BCUT2D eigenvalue weighted by atomic mass is 16.6. The smallest absolute Gasteiger partial charge is 0.261 e. The largest absolute Gasteiger partial charge is 0.486 e. The quantitative estimate of drug-likeness (QED) is 0.510. The molecule has 1 aliphatic carbocycles. The van der Waals surface area contributed by atoms with Gasteiger partial charge in [0.25, 0.3) is 11.3 Å². The van der Waals surface area contributed by atoms with Crippen LogP contribution in [0.2, 0.25) is 0 Å². The summed E-state index contributed by atoms with van der Waals surface area (Å²) in [5.74, 6) is 2.40. The Balaban J connectivity index is 1.46. The molecule has 152 valence electrons. The average molecular weight is 403 g/mol. The lowest BCUT2D eigenvalue weighted by Gasteiger charge is -2.24. The third kappa shape index (κ3) is 2.74. The molecule has 6 rings (SSSR count).